The van der Waals surface area contributed by atoms with Gasteiger partial charge in [0, 0.05) is 19.1 Å². The number of halogens is 1. The highest BCUT2D eigenvalue weighted by Crippen LogP contribution is 2.28. The molecule has 0 spiro atoms. The van der Waals surface area contributed by atoms with Crippen LogP contribution in [0.25, 0.3) is 0 Å². The molecule has 1 unspecified atom stereocenters. The van der Waals surface area contributed by atoms with Gasteiger partial charge in [0.05, 0.1) is 11.5 Å². The van der Waals surface area contributed by atoms with Gasteiger partial charge in [-0.15, -0.1) is 11.6 Å². The van der Waals surface area contributed by atoms with Crippen LogP contribution in [0.1, 0.15) is 18.4 Å². The van der Waals surface area contributed by atoms with Gasteiger partial charge >= 0.3 is 0 Å². The van der Waals surface area contributed by atoms with Crippen molar-refractivity contribution in [3.63, 3.8) is 0 Å². The van der Waals surface area contributed by atoms with Gasteiger partial charge in [0.1, 0.15) is 12.4 Å². The first-order chi connectivity index (χ1) is 10.2. The second-order valence-corrected chi connectivity index (χ2v) is 6.10. The Bertz CT molecular complexity index is 514. The number of amides is 1. The van der Waals surface area contributed by atoms with Gasteiger partial charge in [-0.3, -0.25) is 4.79 Å². The van der Waals surface area contributed by atoms with Crippen molar-refractivity contribution in [2.24, 2.45) is 5.92 Å². The van der Waals surface area contributed by atoms with Gasteiger partial charge in [-0.1, -0.05) is 18.2 Å². The number of benzene rings is 1. The summed E-state index contributed by atoms with van der Waals surface area (Å²) in [5.74, 6) is 1.20. The lowest BCUT2D eigenvalue weighted by atomic mass is 9.89. The SMILES string of the molecule is O=C(NC1(CCl)CCOCC1)C1COc2ccccc2C1. The molecule has 1 N–H and O–H groups in total. The maximum Gasteiger partial charge on any atom is 0.227 e. The van der Waals surface area contributed by atoms with Crippen LogP contribution in [0.2, 0.25) is 0 Å². The standard InChI is InChI=1S/C16H20ClNO3/c17-11-16(5-7-20-8-6-16)18-15(19)13-9-12-3-1-2-4-14(12)21-10-13/h1-4,13H,5-11H2,(H,18,19). The molecule has 3 rings (SSSR count). The summed E-state index contributed by atoms with van der Waals surface area (Å²) in [4.78, 5) is 12.5. The molecule has 2 aliphatic rings. The Labute approximate surface area is 129 Å². The predicted octanol–water partition coefficient (Wildman–Crippen LogP) is 2.14. The number of hydrogen-bond donors (Lipinski definition) is 1. The molecule has 21 heavy (non-hydrogen) atoms. The smallest absolute Gasteiger partial charge is 0.227 e. The van der Waals surface area contributed by atoms with Gasteiger partial charge < -0.3 is 14.8 Å². The maximum atomic E-state index is 12.5. The lowest BCUT2D eigenvalue weighted by Gasteiger charge is -2.38. The fraction of sp³-hybridized carbons (Fsp3) is 0.562. The van der Waals surface area contributed by atoms with E-state index in [9.17, 15) is 4.79 Å². The van der Waals surface area contributed by atoms with Crippen molar-refractivity contribution in [2.75, 3.05) is 25.7 Å². The predicted molar refractivity (Wildman–Crippen MR) is 80.8 cm³/mol. The van der Waals surface area contributed by atoms with E-state index in [-0.39, 0.29) is 17.4 Å². The van der Waals surface area contributed by atoms with E-state index in [2.05, 4.69) is 5.32 Å². The summed E-state index contributed by atoms with van der Waals surface area (Å²) in [5, 5.41) is 3.15. The van der Waals surface area contributed by atoms with Crippen molar-refractivity contribution in [2.45, 2.75) is 24.8 Å². The molecular formula is C16H20ClNO3. The zero-order valence-electron chi connectivity index (χ0n) is 11.9. The average molecular weight is 310 g/mol. The third-order valence-corrected chi connectivity index (χ3v) is 4.86. The van der Waals surface area contributed by atoms with Crippen molar-refractivity contribution in [1.82, 2.24) is 5.32 Å². The average Bonchev–Trinajstić information content (AvgIpc) is 2.55. The van der Waals surface area contributed by atoms with E-state index < -0.39 is 0 Å². The second kappa shape index (κ2) is 6.24. The summed E-state index contributed by atoms with van der Waals surface area (Å²) in [6, 6.07) is 7.88. The Morgan fingerprint density at radius 3 is 2.86 bits per heavy atom. The number of hydrogen-bond acceptors (Lipinski definition) is 3. The van der Waals surface area contributed by atoms with Crippen LogP contribution in [0, 0.1) is 5.92 Å². The first-order valence-electron chi connectivity index (χ1n) is 7.39. The number of fused-ring (bicyclic) bond motifs is 1. The van der Waals surface area contributed by atoms with Gasteiger partial charge in [0.15, 0.2) is 0 Å². The highest BCUT2D eigenvalue weighted by molar-refractivity contribution is 6.18. The number of nitrogens with one attached hydrogen (secondary N) is 1. The molecule has 1 aromatic rings. The van der Waals surface area contributed by atoms with Crippen molar-refractivity contribution in [3.05, 3.63) is 29.8 Å². The normalized spacial score (nSPS) is 23.8. The Kier molecular flexibility index (Phi) is 4.36. The van der Waals surface area contributed by atoms with Crippen LogP contribution in [0.5, 0.6) is 5.75 Å². The molecule has 1 fully saturated rings. The summed E-state index contributed by atoms with van der Waals surface area (Å²) in [7, 11) is 0. The number of carbonyl (C=O) groups is 1. The van der Waals surface area contributed by atoms with Crippen LogP contribution in [0.3, 0.4) is 0 Å². The van der Waals surface area contributed by atoms with Crippen molar-refractivity contribution in [1.29, 1.82) is 0 Å². The van der Waals surface area contributed by atoms with Crippen LogP contribution >= 0.6 is 11.6 Å². The molecule has 0 aromatic heterocycles. The first kappa shape index (κ1) is 14.7. The van der Waals surface area contributed by atoms with Gasteiger partial charge in [0.2, 0.25) is 5.91 Å². The van der Waals surface area contributed by atoms with E-state index in [0.29, 0.717) is 25.7 Å². The van der Waals surface area contributed by atoms with Gasteiger partial charge in [0.25, 0.3) is 0 Å². The molecule has 0 aliphatic carbocycles. The van der Waals surface area contributed by atoms with Crippen LogP contribution in [-0.4, -0.2) is 37.1 Å². The molecule has 1 amide bonds. The number of rotatable bonds is 3. The molecular weight excluding hydrogens is 290 g/mol. The molecule has 1 saturated heterocycles. The van der Waals surface area contributed by atoms with E-state index >= 15 is 0 Å². The van der Waals surface area contributed by atoms with Crippen molar-refractivity contribution in [3.8, 4) is 5.75 Å². The molecule has 0 saturated carbocycles. The highest BCUT2D eigenvalue weighted by atomic mass is 35.5. The zero-order chi connectivity index (χ0) is 14.7. The minimum Gasteiger partial charge on any atom is -0.492 e. The third-order valence-electron chi connectivity index (χ3n) is 4.34. The number of alkyl halides is 1. The lowest BCUT2D eigenvalue weighted by Crippen LogP contribution is -2.56. The molecule has 5 heteroatoms. The number of para-hydroxylation sites is 1. The molecule has 1 atom stereocenters. The zero-order valence-corrected chi connectivity index (χ0v) is 12.7. The van der Waals surface area contributed by atoms with E-state index in [1.807, 2.05) is 24.3 Å². The largest absolute Gasteiger partial charge is 0.492 e. The molecule has 2 aliphatic heterocycles. The Balaban J connectivity index is 1.66. The van der Waals surface area contributed by atoms with Crippen LogP contribution in [-0.2, 0) is 16.0 Å². The molecule has 2 heterocycles. The second-order valence-electron chi connectivity index (χ2n) is 5.84. The first-order valence-corrected chi connectivity index (χ1v) is 7.92. The minimum atomic E-state index is -0.326. The fourth-order valence-corrected chi connectivity index (χ4v) is 3.25. The van der Waals surface area contributed by atoms with Crippen LogP contribution in [0.4, 0.5) is 0 Å². The van der Waals surface area contributed by atoms with Crippen molar-refractivity contribution < 1.29 is 14.3 Å². The third kappa shape index (κ3) is 3.16. The van der Waals surface area contributed by atoms with E-state index in [1.165, 1.54) is 0 Å². The Morgan fingerprint density at radius 2 is 2.10 bits per heavy atom. The highest BCUT2D eigenvalue weighted by Gasteiger charge is 2.36. The summed E-state index contributed by atoms with van der Waals surface area (Å²) in [5.41, 5.74) is 0.768. The fourth-order valence-electron chi connectivity index (χ4n) is 2.91. The summed E-state index contributed by atoms with van der Waals surface area (Å²) in [6.07, 6.45) is 2.26. The molecule has 0 radical (unpaired) electrons. The Hall–Kier alpha value is -1.26. The van der Waals surface area contributed by atoms with E-state index in [0.717, 1.165) is 30.6 Å². The monoisotopic (exact) mass is 309 g/mol. The number of ether oxygens (including phenoxy) is 2. The lowest BCUT2D eigenvalue weighted by molar-refractivity contribution is -0.129. The molecule has 4 nitrogen and oxygen atoms in total. The van der Waals surface area contributed by atoms with E-state index in [1.54, 1.807) is 0 Å². The van der Waals surface area contributed by atoms with Gasteiger partial charge in [-0.05, 0) is 30.9 Å². The Morgan fingerprint density at radius 1 is 1.33 bits per heavy atom. The van der Waals surface area contributed by atoms with Gasteiger partial charge in [-0.2, -0.15) is 0 Å². The van der Waals surface area contributed by atoms with E-state index in [4.69, 9.17) is 21.1 Å². The summed E-state index contributed by atoms with van der Waals surface area (Å²) >= 11 is 6.10. The maximum absolute atomic E-state index is 12.5. The van der Waals surface area contributed by atoms with Crippen molar-refractivity contribution >= 4 is 17.5 Å². The topological polar surface area (TPSA) is 47.6 Å². The molecule has 114 valence electrons. The summed E-state index contributed by atoms with van der Waals surface area (Å²) in [6.45, 7) is 1.73. The van der Waals surface area contributed by atoms with Crippen LogP contribution in [0.15, 0.2) is 24.3 Å². The quantitative estimate of drug-likeness (QED) is 0.870. The summed E-state index contributed by atoms with van der Waals surface area (Å²) < 4.78 is 11.1. The number of carbonyl (C=O) groups excluding carboxylic acids is 1. The molecule has 0 bridgehead atoms. The minimum absolute atomic E-state index is 0.0343. The van der Waals surface area contributed by atoms with Crippen LogP contribution < -0.4 is 10.1 Å². The molecule has 1 aromatic carbocycles. The van der Waals surface area contributed by atoms with Gasteiger partial charge in [-0.25, -0.2) is 0 Å².